The summed E-state index contributed by atoms with van der Waals surface area (Å²) >= 11 is 5.97. The van der Waals surface area contributed by atoms with Crippen LogP contribution in [-0.4, -0.2) is 29.0 Å². The average Bonchev–Trinajstić information content (AvgIpc) is 2.65. The fourth-order valence-electron chi connectivity index (χ4n) is 2.24. The van der Waals surface area contributed by atoms with Gasteiger partial charge in [0.25, 0.3) is 0 Å². The van der Waals surface area contributed by atoms with Gasteiger partial charge in [-0.25, -0.2) is 4.79 Å². The Morgan fingerprint density at radius 1 is 1.11 bits per heavy atom. The Morgan fingerprint density at radius 2 is 1.78 bits per heavy atom. The first-order valence-corrected chi connectivity index (χ1v) is 8.54. The molecule has 0 aliphatic carbocycles. The Labute approximate surface area is 161 Å². The number of hydrogen-bond donors (Lipinski definition) is 3. The number of para-hydroxylation sites is 1. The van der Waals surface area contributed by atoms with Crippen molar-refractivity contribution in [3.8, 4) is 0 Å². The van der Waals surface area contributed by atoms with Gasteiger partial charge in [0.15, 0.2) is 0 Å². The summed E-state index contributed by atoms with van der Waals surface area (Å²) < 4.78 is 5.27. The molecule has 2 aromatic carbocycles. The minimum atomic E-state index is -1.16. The molecule has 0 spiro atoms. The zero-order valence-corrected chi connectivity index (χ0v) is 15.1. The van der Waals surface area contributed by atoms with E-state index in [0.29, 0.717) is 16.3 Å². The molecular formula is C19H19ClN2O5. The van der Waals surface area contributed by atoms with E-state index in [0.717, 1.165) is 0 Å². The molecule has 0 radical (unpaired) electrons. The van der Waals surface area contributed by atoms with Crippen molar-refractivity contribution in [2.24, 2.45) is 5.73 Å². The molecule has 0 unspecified atom stereocenters. The minimum absolute atomic E-state index is 0.0187. The normalized spacial score (nSPS) is 11.5. The summed E-state index contributed by atoms with van der Waals surface area (Å²) in [7, 11) is 0. The van der Waals surface area contributed by atoms with E-state index in [9.17, 15) is 14.4 Å². The third-order valence-electron chi connectivity index (χ3n) is 3.74. The van der Waals surface area contributed by atoms with Gasteiger partial charge in [-0.1, -0.05) is 41.9 Å². The number of carbonyl (C=O) groups excluding carboxylic acids is 2. The zero-order valence-electron chi connectivity index (χ0n) is 14.4. The van der Waals surface area contributed by atoms with Crippen molar-refractivity contribution in [3.05, 3.63) is 64.7 Å². The number of esters is 1. The van der Waals surface area contributed by atoms with E-state index in [1.165, 1.54) is 0 Å². The number of nitrogens with two attached hydrogens (primary N) is 1. The number of hydrogen-bond acceptors (Lipinski definition) is 5. The van der Waals surface area contributed by atoms with Crippen LogP contribution in [0.1, 0.15) is 28.8 Å². The number of carboxylic acid groups (broad SMARTS) is 1. The molecule has 1 atom stereocenters. The van der Waals surface area contributed by atoms with Gasteiger partial charge in [0.05, 0.1) is 10.6 Å². The summed E-state index contributed by atoms with van der Waals surface area (Å²) in [5.41, 5.74) is 6.70. The fraction of sp³-hybridized carbons (Fsp3) is 0.211. The molecule has 0 heterocycles. The Morgan fingerprint density at radius 3 is 2.48 bits per heavy atom. The van der Waals surface area contributed by atoms with Gasteiger partial charge in [-0.05, 0) is 24.6 Å². The third kappa shape index (κ3) is 6.09. The van der Waals surface area contributed by atoms with Crippen molar-refractivity contribution in [3.63, 3.8) is 0 Å². The molecule has 7 nitrogen and oxygen atoms in total. The van der Waals surface area contributed by atoms with Crippen molar-refractivity contribution in [1.82, 2.24) is 0 Å². The van der Waals surface area contributed by atoms with Crippen LogP contribution in [0.15, 0.2) is 48.5 Å². The number of benzene rings is 2. The summed E-state index contributed by atoms with van der Waals surface area (Å²) in [5, 5.41) is 11.7. The molecule has 2 rings (SSSR count). The molecule has 0 bridgehead atoms. The Balaban J connectivity index is 1.97. The maximum atomic E-state index is 12.2. The van der Waals surface area contributed by atoms with Crippen molar-refractivity contribution in [1.29, 1.82) is 0 Å². The van der Waals surface area contributed by atoms with Gasteiger partial charge in [0, 0.05) is 17.7 Å². The highest BCUT2D eigenvalue weighted by atomic mass is 35.5. The summed E-state index contributed by atoms with van der Waals surface area (Å²) in [6.07, 6.45) is -0.0218. The average molecular weight is 391 g/mol. The highest BCUT2D eigenvalue weighted by Gasteiger charge is 2.15. The standard InChI is InChI=1S/C19H19ClN2O5/c20-14-7-3-2-6-13(14)19(26)27-11-12-5-1-4-8-16(12)22-17(23)10-9-15(21)18(24)25/h1-8,15H,9-11,21H2,(H,22,23)(H,24,25)/t15-/m0/s1. The van der Waals surface area contributed by atoms with E-state index in [1.54, 1.807) is 48.5 Å². The summed E-state index contributed by atoms with van der Waals surface area (Å²) in [6.45, 7) is -0.0604. The fourth-order valence-corrected chi connectivity index (χ4v) is 2.45. The van der Waals surface area contributed by atoms with Gasteiger partial charge in [-0.15, -0.1) is 0 Å². The lowest BCUT2D eigenvalue weighted by Crippen LogP contribution is -2.31. The monoisotopic (exact) mass is 390 g/mol. The van der Waals surface area contributed by atoms with E-state index in [1.807, 2.05) is 0 Å². The zero-order chi connectivity index (χ0) is 19.8. The van der Waals surface area contributed by atoms with E-state index in [4.69, 9.17) is 27.2 Å². The molecule has 2 aromatic rings. The first kappa shape index (κ1) is 20.4. The minimum Gasteiger partial charge on any atom is -0.480 e. The number of rotatable bonds is 8. The second-order valence-electron chi connectivity index (χ2n) is 5.74. The van der Waals surface area contributed by atoms with Gasteiger partial charge in [0.2, 0.25) is 5.91 Å². The summed E-state index contributed by atoms with van der Waals surface area (Å²) in [4.78, 5) is 34.9. The number of aliphatic carboxylic acids is 1. The number of amides is 1. The third-order valence-corrected chi connectivity index (χ3v) is 4.07. The van der Waals surface area contributed by atoms with E-state index in [-0.39, 0.29) is 30.9 Å². The van der Waals surface area contributed by atoms with Crippen molar-refractivity contribution >= 4 is 35.1 Å². The van der Waals surface area contributed by atoms with Crippen LogP contribution in [0.3, 0.4) is 0 Å². The Hall–Kier alpha value is -2.90. The van der Waals surface area contributed by atoms with Gasteiger partial charge in [-0.3, -0.25) is 9.59 Å². The first-order valence-electron chi connectivity index (χ1n) is 8.16. The smallest absolute Gasteiger partial charge is 0.339 e. The quantitative estimate of drug-likeness (QED) is 0.596. The van der Waals surface area contributed by atoms with E-state index >= 15 is 0 Å². The maximum Gasteiger partial charge on any atom is 0.339 e. The Kier molecular flexibility index (Phi) is 7.34. The van der Waals surface area contributed by atoms with Crippen molar-refractivity contribution < 1.29 is 24.2 Å². The predicted molar refractivity (Wildman–Crippen MR) is 100 cm³/mol. The second kappa shape index (κ2) is 9.70. The number of carboxylic acids is 1. The molecule has 0 fully saturated rings. The van der Waals surface area contributed by atoms with E-state index < -0.39 is 18.0 Å². The molecule has 0 aliphatic rings. The molecule has 1 amide bonds. The van der Waals surface area contributed by atoms with Crippen LogP contribution in [0.5, 0.6) is 0 Å². The van der Waals surface area contributed by atoms with Gasteiger partial charge >= 0.3 is 11.9 Å². The molecule has 8 heteroatoms. The van der Waals surface area contributed by atoms with Crippen molar-refractivity contribution in [2.45, 2.75) is 25.5 Å². The number of ether oxygens (including phenoxy) is 1. The van der Waals surface area contributed by atoms with Crippen LogP contribution < -0.4 is 11.1 Å². The van der Waals surface area contributed by atoms with Gasteiger partial charge in [0.1, 0.15) is 12.6 Å². The highest BCUT2D eigenvalue weighted by Crippen LogP contribution is 2.20. The lowest BCUT2D eigenvalue weighted by atomic mass is 10.1. The van der Waals surface area contributed by atoms with Gasteiger partial charge < -0.3 is 20.9 Å². The molecule has 27 heavy (non-hydrogen) atoms. The van der Waals surface area contributed by atoms with Crippen LogP contribution in [0.25, 0.3) is 0 Å². The molecule has 0 saturated heterocycles. The van der Waals surface area contributed by atoms with Crippen LogP contribution in [0.4, 0.5) is 5.69 Å². The second-order valence-corrected chi connectivity index (χ2v) is 6.15. The molecule has 0 aromatic heterocycles. The topological polar surface area (TPSA) is 119 Å². The maximum absolute atomic E-state index is 12.2. The van der Waals surface area contributed by atoms with Crippen LogP contribution in [-0.2, 0) is 20.9 Å². The SMILES string of the molecule is N[C@@H](CCC(=O)Nc1ccccc1COC(=O)c1ccccc1Cl)C(=O)O. The molecule has 142 valence electrons. The lowest BCUT2D eigenvalue weighted by molar-refractivity contribution is -0.138. The molecule has 0 saturated carbocycles. The van der Waals surface area contributed by atoms with Gasteiger partial charge in [-0.2, -0.15) is 0 Å². The number of anilines is 1. The Bertz CT molecular complexity index is 840. The number of carbonyl (C=O) groups is 3. The van der Waals surface area contributed by atoms with Crippen LogP contribution in [0, 0.1) is 0 Å². The van der Waals surface area contributed by atoms with Crippen LogP contribution in [0.2, 0.25) is 5.02 Å². The predicted octanol–water partition coefficient (Wildman–Crippen LogP) is 2.83. The summed E-state index contributed by atoms with van der Waals surface area (Å²) in [6, 6.07) is 12.3. The first-order chi connectivity index (χ1) is 12.9. The molecule has 0 aliphatic heterocycles. The number of nitrogens with one attached hydrogen (secondary N) is 1. The molecular weight excluding hydrogens is 372 g/mol. The number of halogens is 1. The van der Waals surface area contributed by atoms with E-state index in [2.05, 4.69) is 5.32 Å². The van der Waals surface area contributed by atoms with Crippen LogP contribution >= 0.6 is 11.6 Å². The summed E-state index contributed by atoms with van der Waals surface area (Å²) in [5.74, 6) is -2.11. The van der Waals surface area contributed by atoms with Crippen molar-refractivity contribution in [2.75, 3.05) is 5.32 Å². The molecule has 4 N–H and O–H groups in total. The largest absolute Gasteiger partial charge is 0.480 e. The highest BCUT2D eigenvalue weighted by molar-refractivity contribution is 6.33. The lowest BCUT2D eigenvalue weighted by Gasteiger charge is -2.12.